The molecule has 0 saturated heterocycles. The quantitative estimate of drug-likeness (QED) is 0.0848. The molecule has 12 nitrogen and oxygen atoms in total. The first-order valence-corrected chi connectivity index (χ1v) is 12.5. The number of nitrogens with one attached hydrogen (secondary N) is 1. The summed E-state index contributed by atoms with van der Waals surface area (Å²) in [5, 5.41) is 27.0. The highest BCUT2D eigenvalue weighted by Crippen LogP contribution is 2.34. The lowest BCUT2D eigenvalue weighted by Gasteiger charge is -2.14. The number of non-ortho nitro benzene ring substituents is 1. The molecule has 210 valence electrons. The maximum absolute atomic E-state index is 12.5. The van der Waals surface area contributed by atoms with Crippen LogP contribution in [0.3, 0.4) is 0 Å². The van der Waals surface area contributed by atoms with Crippen LogP contribution in [0.4, 0.5) is 17.1 Å². The molecule has 0 aliphatic heterocycles. The molecule has 42 heavy (non-hydrogen) atoms. The third kappa shape index (κ3) is 6.57. The second-order valence-electron chi connectivity index (χ2n) is 8.95. The fourth-order valence-corrected chi connectivity index (χ4v) is 4.09. The molecule has 0 radical (unpaired) electrons. The summed E-state index contributed by atoms with van der Waals surface area (Å²) in [5.41, 5.74) is 3.14. The molecule has 12 heteroatoms. The summed E-state index contributed by atoms with van der Waals surface area (Å²) in [6, 6.07) is 26.6. The molecule has 0 bridgehead atoms. The van der Waals surface area contributed by atoms with Gasteiger partial charge in [-0.1, -0.05) is 60.7 Å². The van der Waals surface area contributed by atoms with E-state index in [4.69, 9.17) is 13.9 Å². The number of benzene rings is 4. The van der Waals surface area contributed by atoms with Crippen LogP contribution >= 0.6 is 0 Å². The van der Waals surface area contributed by atoms with Crippen molar-refractivity contribution in [3.8, 4) is 11.5 Å². The van der Waals surface area contributed by atoms with Crippen LogP contribution < -0.4 is 20.5 Å². The zero-order chi connectivity index (χ0) is 29.5. The summed E-state index contributed by atoms with van der Waals surface area (Å²) in [4.78, 5) is 33.5. The summed E-state index contributed by atoms with van der Waals surface area (Å²) < 4.78 is 17.6. The molecule has 1 aromatic heterocycles. The second kappa shape index (κ2) is 12.4. The van der Waals surface area contributed by atoms with Gasteiger partial charge >= 0.3 is 11.3 Å². The van der Waals surface area contributed by atoms with Crippen LogP contribution in [0.25, 0.3) is 11.0 Å². The Kier molecular flexibility index (Phi) is 8.14. The van der Waals surface area contributed by atoms with Gasteiger partial charge in [0.15, 0.2) is 0 Å². The molecule has 0 amide bonds. The Balaban J connectivity index is 1.50. The number of nitro groups is 2. The third-order valence-corrected chi connectivity index (χ3v) is 6.08. The first-order chi connectivity index (χ1) is 20.4. The van der Waals surface area contributed by atoms with E-state index >= 15 is 0 Å². The molecule has 0 saturated carbocycles. The lowest BCUT2D eigenvalue weighted by Crippen LogP contribution is -2.05. The van der Waals surface area contributed by atoms with E-state index in [0.29, 0.717) is 22.4 Å². The van der Waals surface area contributed by atoms with Crippen molar-refractivity contribution in [2.75, 3.05) is 5.43 Å². The minimum Gasteiger partial charge on any atom is -0.489 e. The molecular formula is C30H22N4O8. The van der Waals surface area contributed by atoms with Crippen molar-refractivity contribution >= 4 is 34.2 Å². The van der Waals surface area contributed by atoms with Crippen molar-refractivity contribution in [2.45, 2.75) is 13.2 Å². The highest BCUT2D eigenvalue weighted by molar-refractivity contribution is 6.01. The van der Waals surface area contributed by atoms with Gasteiger partial charge in [0.25, 0.3) is 5.69 Å². The lowest BCUT2D eigenvalue weighted by atomic mass is 10.1. The molecule has 0 spiro atoms. The minimum atomic E-state index is -0.760. The maximum Gasteiger partial charge on any atom is 0.336 e. The Hall–Kier alpha value is -6.04. The fraction of sp³-hybridized carbons (Fsp3) is 0.0667. The van der Waals surface area contributed by atoms with Crippen LogP contribution in [-0.4, -0.2) is 16.1 Å². The van der Waals surface area contributed by atoms with E-state index in [1.165, 1.54) is 18.3 Å². The van der Waals surface area contributed by atoms with Crippen LogP contribution in [0.1, 0.15) is 16.7 Å². The molecule has 4 aromatic carbocycles. The SMILES string of the molecule is O=c1cc(/C=N\Nc2ccc([N+](=O)[O-])cc2[N+](=O)[O-])c2c(OCc3ccccc3)cc(OCc3ccccc3)cc2o1. The Morgan fingerprint density at radius 1 is 0.810 bits per heavy atom. The number of rotatable bonds is 11. The summed E-state index contributed by atoms with van der Waals surface area (Å²) in [5.74, 6) is 0.761. The van der Waals surface area contributed by atoms with Crippen molar-refractivity contribution in [3.05, 3.63) is 144 Å². The van der Waals surface area contributed by atoms with Crippen LogP contribution in [-0.2, 0) is 13.2 Å². The molecule has 0 fully saturated rings. The van der Waals surface area contributed by atoms with Gasteiger partial charge in [-0.2, -0.15) is 5.10 Å². The maximum atomic E-state index is 12.5. The van der Waals surface area contributed by atoms with E-state index < -0.39 is 26.8 Å². The number of hydrogen-bond donors (Lipinski definition) is 1. The van der Waals surface area contributed by atoms with Gasteiger partial charge in [-0.3, -0.25) is 25.7 Å². The molecule has 0 aliphatic rings. The highest BCUT2D eigenvalue weighted by Gasteiger charge is 2.19. The predicted octanol–water partition coefficient (Wildman–Crippen LogP) is 6.21. The second-order valence-corrected chi connectivity index (χ2v) is 8.95. The van der Waals surface area contributed by atoms with Crippen LogP contribution in [0, 0.1) is 20.2 Å². The van der Waals surface area contributed by atoms with Crippen LogP contribution in [0.15, 0.2) is 111 Å². The third-order valence-electron chi connectivity index (χ3n) is 6.08. The van der Waals surface area contributed by atoms with Crippen molar-refractivity contribution in [2.24, 2.45) is 5.10 Å². The van der Waals surface area contributed by atoms with Gasteiger partial charge in [0.1, 0.15) is 36.0 Å². The van der Waals surface area contributed by atoms with Gasteiger partial charge < -0.3 is 13.9 Å². The Morgan fingerprint density at radius 2 is 1.48 bits per heavy atom. The molecule has 1 N–H and O–H groups in total. The topological polar surface area (TPSA) is 159 Å². The molecule has 5 rings (SSSR count). The van der Waals surface area contributed by atoms with Gasteiger partial charge in [-0.05, 0) is 17.2 Å². The van der Waals surface area contributed by atoms with Crippen molar-refractivity contribution < 1.29 is 23.7 Å². The number of fused-ring (bicyclic) bond motifs is 1. The number of ether oxygens (including phenoxy) is 2. The zero-order valence-corrected chi connectivity index (χ0v) is 21.8. The summed E-state index contributed by atoms with van der Waals surface area (Å²) >= 11 is 0. The standard InChI is InChI=1S/C30H22N4O8/c35-29-13-22(17-31-32-25-12-11-23(33(36)37)14-26(25)34(38)39)30-27(41-19-21-9-5-2-6-10-21)15-24(16-28(30)42-29)40-18-20-7-3-1-4-8-20/h1-17,32H,18-19H2/b31-17-. The smallest absolute Gasteiger partial charge is 0.336 e. The largest absolute Gasteiger partial charge is 0.489 e. The van der Waals surface area contributed by atoms with E-state index in [2.05, 4.69) is 10.5 Å². The number of nitrogens with zero attached hydrogens (tertiary/aromatic N) is 3. The van der Waals surface area contributed by atoms with Gasteiger partial charge in [-0.15, -0.1) is 0 Å². The van der Waals surface area contributed by atoms with Gasteiger partial charge in [0.2, 0.25) is 0 Å². The van der Waals surface area contributed by atoms with Crippen LogP contribution in [0.2, 0.25) is 0 Å². The Labute approximate surface area is 237 Å². The molecule has 0 aliphatic carbocycles. The van der Waals surface area contributed by atoms with Gasteiger partial charge in [0.05, 0.1) is 27.5 Å². The van der Waals surface area contributed by atoms with Crippen molar-refractivity contribution in [3.63, 3.8) is 0 Å². The molecule has 1 heterocycles. The van der Waals surface area contributed by atoms with E-state index in [9.17, 15) is 25.0 Å². The average Bonchev–Trinajstić information content (AvgIpc) is 2.99. The zero-order valence-electron chi connectivity index (χ0n) is 21.8. The molecule has 0 unspecified atom stereocenters. The monoisotopic (exact) mass is 566 g/mol. The highest BCUT2D eigenvalue weighted by atomic mass is 16.6. The Bertz CT molecular complexity index is 1840. The van der Waals surface area contributed by atoms with Crippen molar-refractivity contribution in [1.82, 2.24) is 0 Å². The first kappa shape index (κ1) is 27.5. The first-order valence-electron chi connectivity index (χ1n) is 12.5. The summed E-state index contributed by atoms with van der Waals surface area (Å²) in [6.45, 7) is 0.481. The van der Waals surface area contributed by atoms with Gasteiger partial charge in [-0.25, -0.2) is 4.79 Å². The molecule has 5 aromatic rings. The lowest BCUT2D eigenvalue weighted by molar-refractivity contribution is -0.393. The van der Waals surface area contributed by atoms with Gasteiger partial charge in [0, 0.05) is 29.8 Å². The van der Waals surface area contributed by atoms with E-state index in [0.717, 1.165) is 23.3 Å². The number of hydrogen-bond acceptors (Lipinski definition) is 10. The van der Waals surface area contributed by atoms with E-state index in [1.807, 2.05) is 60.7 Å². The normalized spacial score (nSPS) is 11.0. The summed E-state index contributed by atoms with van der Waals surface area (Å²) in [7, 11) is 0. The minimum absolute atomic E-state index is 0.0775. The molecular weight excluding hydrogens is 544 g/mol. The van der Waals surface area contributed by atoms with Crippen molar-refractivity contribution in [1.29, 1.82) is 0 Å². The number of anilines is 1. The summed E-state index contributed by atoms with van der Waals surface area (Å²) in [6.07, 6.45) is 1.28. The predicted molar refractivity (Wildman–Crippen MR) is 155 cm³/mol. The fourth-order valence-electron chi connectivity index (χ4n) is 4.09. The van der Waals surface area contributed by atoms with E-state index in [1.54, 1.807) is 12.1 Å². The number of hydrazone groups is 1. The van der Waals surface area contributed by atoms with E-state index in [-0.39, 0.29) is 24.5 Å². The number of nitro benzene ring substituents is 2. The van der Waals surface area contributed by atoms with Crippen LogP contribution in [0.5, 0.6) is 11.5 Å². The average molecular weight is 567 g/mol. The molecule has 0 atom stereocenters. The Morgan fingerprint density at radius 3 is 2.12 bits per heavy atom.